The molecule has 0 aliphatic heterocycles. The van der Waals surface area contributed by atoms with Crippen LogP contribution in [0.3, 0.4) is 0 Å². The Morgan fingerprint density at radius 1 is 1.10 bits per heavy atom. The first-order chi connectivity index (χ1) is 9.94. The van der Waals surface area contributed by atoms with E-state index in [1.807, 2.05) is 31.2 Å². The molecule has 2 aromatic rings. The number of anilines is 1. The lowest BCUT2D eigenvalue weighted by Gasteiger charge is -2.15. The highest BCUT2D eigenvalue weighted by molar-refractivity contribution is 6.35. The molecule has 110 valence electrons. The lowest BCUT2D eigenvalue weighted by Crippen LogP contribution is -2.30. The highest BCUT2D eigenvalue weighted by Crippen LogP contribution is 2.23. The van der Waals surface area contributed by atoms with Crippen molar-refractivity contribution in [3.05, 3.63) is 58.1 Å². The van der Waals surface area contributed by atoms with Gasteiger partial charge in [0, 0.05) is 15.7 Å². The molecule has 0 saturated carbocycles. The maximum Gasteiger partial charge on any atom is 0.265 e. The van der Waals surface area contributed by atoms with Gasteiger partial charge in [0.2, 0.25) is 0 Å². The summed E-state index contributed by atoms with van der Waals surface area (Å²) < 4.78 is 5.59. The molecule has 0 aliphatic rings. The van der Waals surface area contributed by atoms with Crippen LogP contribution in [0.25, 0.3) is 0 Å². The van der Waals surface area contributed by atoms with Crippen LogP contribution in [0.4, 0.5) is 5.69 Å². The van der Waals surface area contributed by atoms with E-state index in [-0.39, 0.29) is 5.91 Å². The number of nitrogens with one attached hydrogen (secondary N) is 1. The highest BCUT2D eigenvalue weighted by atomic mass is 35.5. The smallest absolute Gasteiger partial charge is 0.265 e. The molecule has 0 aromatic heterocycles. The summed E-state index contributed by atoms with van der Waals surface area (Å²) in [5.41, 5.74) is 1.67. The number of benzene rings is 2. The Balaban J connectivity index is 2.00. The van der Waals surface area contributed by atoms with Crippen molar-refractivity contribution in [3.63, 3.8) is 0 Å². The lowest BCUT2D eigenvalue weighted by molar-refractivity contribution is -0.122. The summed E-state index contributed by atoms with van der Waals surface area (Å²) >= 11 is 11.8. The summed E-state index contributed by atoms with van der Waals surface area (Å²) in [6.45, 7) is 3.67. The average molecular weight is 324 g/mol. The molecule has 5 heteroatoms. The van der Waals surface area contributed by atoms with E-state index in [1.165, 1.54) is 0 Å². The minimum Gasteiger partial charge on any atom is -0.481 e. The topological polar surface area (TPSA) is 38.3 Å². The van der Waals surface area contributed by atoms with Crippen molar-refractivity contribution in [1.82, 2.24) is 0 Å². The minimum atomic E-state index is -0.634. The molecule has 21 heavy (non-hydrogen) atoms. The van der Waals surface area contributed by atoms with Crippen LogP contribution < -0.4 is 10.1 Å². The van der Waals surface area contributed by atoms with E-state index in [0.29, 0.717) is 21.5 Å². The Morgan fingerprint density at radius 3 is 2.24 bits per heavy atom. The first-order valence-corrected chi connectivity index (χ1v) is 7.20. The third kappa shape index (κ3) is 4.66. The van der Waals surface area contributed by atoms with E-state index in [4.69, 9.17) is 27.9 Å². The summed E-state index contributed by atoms with van der Waals surface area (Å²) in [5.74, 6) is 0.376. The van der Waals surface area contributed by atoms with Gasteiger partial charge in [0.05, 0.1) is 0 Å². The van der Waals surface area contributed by atoms with Gasteiger partial charge >= 0.3 is 0 Å². The monoisotopic (exact) mass is 323 g/mol. The van der Waals surface area contributed by atoms with Crippen LogP contribution in [-0.2, 0) is 4.79 Å². The molecule has 1 N–H and O–H groups in total. The van der Waals surface area contributed by atoms with Crippen LogP contribution >= 0.6 is 23.2 Å². The number of halogens is 2. The fourth-order valence-electron chi connectivity index (χ4n) is 1.74. The van der Waals surface area contributed by atoms with Crippen molar-refractivity contribution in [2.45, 2.75) is 20.0 Å². The van der Waals surface area contributed by atoms with Crippen LogP contribution in [0, 0.1) is 6.92 Å². The molecule has 2 rings (SSSR count). The number of amides is 1. The third-order valence-corrected chi connectivity index (χ3v) is 3.27. The number of hydrogen-bond donors (Lipinski definition) is 1. The van der Waals surface area contributed by atoms with Gasteiger partial charge in [-0.1, -0.05) is 40.9 Å². The van der Waals surface area contributed by atoms with Gasteiger partial charge in [-0.3, -0.25) is 4.79 Å². The molecule has 1 amide bonds. The van der Waals surface area contributed by atoms with Crippen molar-refractivity contribution >= 4 is 34.8 Å². The quantitative estimate of drug-likeness (QED) is 0.885. The maximum absolute atomic E-state index is 12.1. The Labute approximate surface area is 133 Å². The van der Waals surface area contributed by atoms with Gasteiger partial charge in [0.15, 0.2) is 6.10 Å². The Bertz CT molecular complexity index is 621. The van der Waals surface area contributed by atoms with E-state index >= 15 is 0 Å². The number of aryl methyl sites for hydroxylation is 1. The van der Waals surface area contributed by atoms with Gasteiger partial charge in [0.1, 0.15) is 5.75 Å². The van der Waals surface area contributed by atoms with Gasteiger partial charge < -0.3 is 10.1 Å². The molecule has 0 bridgehead atoms. The highest BCUT2D eigenvalue weighted by Gasteiger charge is 2.15. The fraction of sp³-hybridized carbons (Fsp3) is 0.188. The molecule has 1 atom stereocenters. The second-order valence-corrected chi connectivity index (χ2v) is 5.59. The molecule has 0 spiro atoms. The molecule has 0 fully saturated rings. The molecule has 2 aromatic carbocycles. The summed E-state index contributed by atoms with van der Waals surface area (Å²) in [6.07, 6.45) is -0.634. The van der Waals surface area contributed by atoms with Gasteiger partial charge in [-0.05, 0) is 44.2 Å². The first kappa shape index (κ1) is 15.7. The molecular formula is C16H15Cl2NO2. The van der Waals surface area contributed by atoms with E-state index < -0.39 is 6.10 Å². The third-order valence-electron chi connectivity index (χ3n) is 2.83. The van der Waals surface area contributed by atoms with Gasteiger partial charge in [-0.2, -0.15) is 0 Å². The van der Waals surface area contributed by atoms with Crippen LogP contribution in [-0.4, -0.2) is 12.0 Å². The molecule has 0 radical (unpaired) electrons. The Kier molecular flexibility index (Phi) is 5.10. The zero-order chi connectivity index (χ0) is 15.4. The summed E-state index contributed by atoms with van der Waals surface area (Å²) in [6, 6.07) is 12.4. The SMILES string of the molecule is Cc1ccc(O[C@@H](C)C(=O)Nc2cc(Cl)cc(Cl)c2)cc1. The standard InChI is InChI=1S/C16H15Cl2NO2/c1-10-3-5-15(6-4-10)21-11(2)16(20)19-14-8-12(17)7-13(18)9-14/h3-9,11H,1-2H3,(H,19,20)/t11-/m0/s1. The van der Waals surface area contributed by atoms with E-state index in [0.717, 1.165) is 5.56 Å². The predicted molar refractivity (Wildman–Crippen MR) is 86.4 cm³/mol. The Morgan fingerprint density at radius 2 is 1.67 bits per heavy atom. The van der Waals surface area contributed by atoms with E-state index in [9.17, 15) is 4.79 Å². The second-order valence-electron chi connectivity index (χ2n) is 4.72. The average Bonchev–Trinajstić information content (AvgIpc) is 2.40. The van der Waals surface area contributed by atoms with Crippen LogP contribution in [0.2, 0.25) is 10.0 Å². The number of hydrogen-bond acceptors (Lipinski definition) is 2. The molecule has 0 aliphatic carbocycles. The van der Waals surface area contributed by atoms with Crippen LogP contribution in [0.15, 0.2) is 42.5 Å². The zero-order valence-corrected chi connectivity index (χ0v) is 13.2. The van der Waals surface area contributed by atoms with Crippen molar-refractivity contribution in [3.8, 4) is 5.75 Å². The van der Waals surface area contributed by atoms with Crippen LogP contribution in [0.5, 0.6) is 5.75 Å². The zero-order valence-electron chi connectivity index (χ0n) is 11.7. The lowest BCUT2D eigenvalue weighted by atomic mass is 10.2. The first-order valence-electron chi connectivity index (χ1n) is 6.44. The number of rotatable bonds is 4. The van der Waals surface area contributed by atoms with Crippen molar-refractivity contribution in [2.24, 2.45) is 0 Å². The molecule has 3 nitrogen and oxygen atoms in total. The van der Waals surface area contributed by atoms with E-state index in [1.54, 1.807) is 25.1 Å². The van der Waals surface area contributed by atoms with Gasteiger partial charge in [-0.15, -0.1) is 0 Å². The van der Waals surface area contributed by atoms with E-state index in [2.05, 4.69) is 5.32 Å². The largest absolute Gasteiger partial charge is 0.481 e. The summed E-state index contributed by atoms with van der Waals surface area (Å²) in [7, 11) is 0. The molecular weight excluding hydrogens is 309 g/mol. The molecule has 0 heterocycles. The predicted octanol–water partition coefficient (Wildman–Crippen LogP) is 4.71. The van der Waals surface area contributed by atoms with Crippen molar-refractivity contribution < 1.29 is 9.53 Å². The van der Waals surface area contributed by atoms with Gasteiger partial charge in [0.25, 0.3) is 5.91 Å². The number of carbonyl (C=O) groups excluding carboxylic acids is 1. The van der Waals surface area contributed by atoms with Crippen molar-refractivity contribution in [1.29, 1.82) is 0 Å². The van der Waals surface area contributed by atoms with Crippen LogP contribution in [0.1, 0.15) is 12.5 Å². The number of carbonyl (C=O) groups is 1. The molecule has 0 unspecified atom stereocenters. The van der Waals surface area contributed by atoms with Gasteiger partial charge in [-0.25, -0.2) is 0 Å². The fourth-order valence-corrected chi connectivity index (χ4v) is 2.27. The summed E-state index contributed by atoms with van der Waals surface area (Å²) in [4.78, 5) is 12.1. The molecule has 0 saturated heterocycles. The summed E-state index contributed by atoms with van der Waals surface area (Å²) in [5, 5.41) is 3.65. The normalized spacial score (nSPS) is 11.8. The van der Waals surface area contributed by atoms with Crippen molar-refractivity contribution in [2.75, 3.05) is 5.32 Å². The Hall–Kier alpha value is -1.71. The second kappa shape index (κ2) is 6.83. The minimum absolute atomic E-state index is 0.270. The maximum atomic E-state index is 12.1. The number of ether oxygens (including phenoxy) is 1.